The van der Waals surface area contributed by atoms with E-state index < -0.39 is 12.0 Å². The molecule has 0 saturated heterocycles. The van der Waals surface area contributed by atoms with Crippen molar-refractivity contribution >= 4 is 50.2 Å². The van der Waals surface area contributed by atoms with E-state index in [-0.39, 0.29) is 11.7 Å². The molecule has 1 aliphatic heterocycles. The Hall–Kier alpha value is -3.43. The minimum Gasteiger partial charge on any atom is -0.491 e. The smallest absolute Gasteiger partial charge is 0.338 e. The third-order valence-corrected chi connectivity index (χ3v) is 9.36. The van der Waals surface area contributed by atoms with Crippen molar-refractivity contribution in [2.75, 3.05) is 7.11 Å². The first-order chi connectivity index (χ1) is 20.0. The molecule has 0 spiro atoms. The number of rotatable bonds is 7. The summed E-state index contributed by atoms with van der Waals surface area (Å²) in [5, 5.41) is 1.11. The minimum atomic E-state index is -0.771. The van der Waals surface area contributed by atoms with Gasteiger partial charge >= 0.3 is 5.97 Å². The van der Waals surface area contributed by atoms with Gasteiger partial charge in [0.25, 0.3) is 5.56 Å². The molecule has 0 aliphatic carbocycles. The van der Waals surface area contributed by atoms with Crippen molar-refractivity contribution in [1.29, 1.82) is 0 Å². The van der Waals surface area contributed by atoms with Gasteiger partial charge in [0, 0.05) is 32.7 Å². The van der Waals surface area contributed by atoms with Crippen LogP contribution in [0.3, 0.4) is 0 Å². The fourth-order valence-electron chi connectivity index (χ4n) is 5.82. The zero-order valence-electron chi connectivity index (χ0n) is 25.2. The number of para-hydroxylation sites is 1. The number of benzene rings is 2. The fraction of sp³-hybridized carbons (Fsp3) is 0.364. The van der Waals surface area contributed by atoms with E-state index in [1.54, 1.807) is 11.5 Å². The zero-order valence-corrected chi connectivity index (χ0v) is 27.6. The highest BCUT2D eigenvalue weighted by molar-refractivity contribution is 9.10. The topological polar surface area (TPSA) is 74.8 Å². The van der Waals surface area contributed by atoms with Crippen LogP contribution in [-0.4, -0.2) is 28.3 Å². The average Bonchev–Trinajstić information content (AvgIpc) is 3.41. The van der Waals surface area contributed by atoms with E-state index in [2.05, 4.69) is 66.4 Å². The van der Waals surface area contributed by atoms with Gasteiger partial charge in [-0.3, -0.25) is 9.36 Å². The Morgan fingerprint density at radius 2 is 1.90 bits per heavy atom. The van der Waals surface area contributed by atoms with Crippen LogP contribution >= 0.6 is 27.3 Å². The number of esters is 1. The van der Waals surface area contributed by atoms with Crippen LogP contribution in [0.2, 0.25) is 0 Å². The molecule has 0 bridgehead atoms. The second-order valence-electron chi connectivity index (χ2n) is 11.0. The standard InChI is InChI=1S/C33H36BrN3O4S/c1-9-19(5)36-21(7)24(23-12-10-11-18(4)29(23)36)16-27-31(38)37-30(25-15-22(34)13-14-26(25)41-17(2)3)28(32(39)40-8)20(6)35-33(37)42-27/h10-17,19,30H,9H2,1-8H3/b27-16-/t19-,30+/m0/s1. The molecule has 220 valence electrons. The Bertz CT molecular complexity index is 1930. The monoisotopic (exact) mass is 649 g/mol. The zero-order chi connectivity index (χ0) is 30.5. The van der Waals surface area contributed by atoms with Gasteiger partial charge in [-0.25, -0.2) is 9.79 Å². The number of methoxy groups -OCH3 is 1. The third kappa shape index (κ3) is 5.07. The summed E-state index contributed by atoms with van der Waals surface area (Å²) in [4.78, 5) is 32.8. The van der Waals surface area contributed by atoms with E-state index in [1.807, 2.05) is 38.1 Å². The van der Waals surface area contributed by atoms with Crippen molar-refractivity contribution in [3.05, 3.63) is 94.2 Å². The normalized spacial score (nSPS) is 16.1. The maximum atomic E-state index is 14.3. The van der Waals surface area contributed by atoms with Crippen molar-refractivity contribution in [3.63, 3.8) is 0 Å². The van der Waals surface area contributed by atoms with E-state index in [1.165, 1.54) is 29.5 Å². The lowest BCUT2D eigenvalue weighted by Crippen LogP contribution is -2.40. The van der Waals surface area contributed by atoms with Crippen LogP contribution in [-0.2, 0) is 9.53 Å². The van der Waals surface area contributed by atoms with Gasteiger partial charge in [0.2, 0.25) is 0 Å². The number of aryl methyl sites for hydroxylation is 1. The molecule has 0 unspecified atom stereocenters. The molecular formula is C33H36BrN3O4S. The van der Waals surface area contributed by atoms with E-state index in [4.69, 9.17) is 14.5 Å². The number of ether oxygens (including phenoxy) is 2. The molecule has 0 amide bonds. The van der Waals surface area contributed by atoms with Crippen LogP contribution in [0.4, 0.5) is 0 Å². The highest BCUT2D eigenvalue weighted by Crippen LogP contribution is 2.38. The fourth-order valence-corrected chi connectivity index (χ4v) is 7.22. The van der Waals surface area contributed by atoms with Crippen LogP contribution in [0.5, 0.6) is 5.75 Å². The summed E-state index contributed by atoms with van der Waals surface area (Å²) in [5.74, 6) is 0.0563. The average molecular weight is 651 g/mol. The summed E-state index contributed by atoms with van der Waals surface area (Å²) in [6, 6.07) is 11.5. The maximum Gasteiger partial charge on any atom is 0.338 e. The van der Waals surface area contributed by atoms with Gasteiger partial charge in [-0.2, -0.15) is 0 Å². The molecule has 9 heteroatoms. The molecule has 1 aliphatic rings. The van der Waals surface area contributed by atoms with Crippen LogP contribution in [0, 0.1) is 13.8 Å². The number of halogens is 1. The van der Waals surface area contributed by atoms with Gasteiger partial charge in [-0.15, -0.1) is 0 Å². The number of aromatic nitrogens is 2. The van der Waals surface area contributed by atoms with Crippen molar-refractivity contribution in [2.24, 2.45) is 4.99 Å². The first-order valence-electron chi connectivity index (χ1n) is 14.1. The first kappa shape index (κ1) is 30.0. The highest BCUT2D eigenvalue weighted by Gasteiger charge is 2.35. The Labute approximate surface area is 257 Å². The molecule has 7 nitrogen and oxygen atoms in total. The van der Waals surface area contributed by atoms with Gasteiger partial charge in [-0.1, -0.05) is 52.4 Å². The van der Waals surface area contributed by atoms with E-state index in [0.717, 1.165) is 27.5 Å². The quantitative estimate of drug-likeness (QED) is 0.214. The van der Waals surface area contributed by atoms with Crippen molar-refractivity contribution in [2.45, 2.75) is 73.1 Å². The molecular weight excluding hydrogens is 614 g/mol. The van der Waals surface area contributed by atoms with Crippen LogP contribution in [0.1, 0.15) is 75.5 Å². The summed E-state index contributed by atoms with van der Waals surface area (Å²) in [7, 11) is 1.34. The second kappa shape index (κ2) is 11.7. The molecule has 42 heavy (non-hydrogen) atoms. The Kier molecular flexibility index (Phi) is 8.36. The largest absolute Gasteiger partial charge is 0.491 e. The first-order valence-corrected chi connectivity index (χ1v) is 15.8. The van der Waals surface area contributed by atoms with Crippen molar-refractivity contribution in [1.82, 2.24) is 9.13 Å². The van der Waals surface area contributed by atoms with Crippen LogP contribution in [0.15, 0.2) is 61.9 Å². The highest BCUT2D eigenvalue weighted by atomic mass is 79.9. The number of carbonyl (C=O) groups excluding carboxylic acids is 1. The lowest BCUT2D eigenvalue weighted by molar-refractivity contribution is -0.136. The SMILES string of the molecule is CC[C@H](C)n1c(C)c(/C=c2\sc3n(c2=O)[C@H](c2cc(Br)ccc2OC(C)C)C(C(=O)OC)=C(C)N=3)c2cccc(C)c21. The summed E-state index contributed by atoms with van der Waals surface area (Å²) in [6.45, 7) is 14.3. The molecule has 2 aromatic carbocycles. The number of hydrogen-bond acceptors (Lipinski definition) is 6. The summed E-state index contributed by atoms with van der Waals surface area (Å²) < 4.78 is 16.7. The molecule has 2 aromatic heterocycles. The Morgan fingerprint density at radius 3 is 2.57 bits per heavy atom. The number of allylic oxidation sites excluding steroid dienone is 1. The molecule has 0 N–H and O–H groups in total. The molecule has 4 aromatic rings. The summed E-state index contributed by atoms with van der Waals surface area (Å²) in [5.41, 5.74) is 5.80. The van der Waals surface area contributed by atoms with Crippen LogP contribution < -0.4 is 19.6 Å². The lowest BCUT2D eigenvalue weighted by Gasteiger charge is -2.26. The Morgan fingerprint density at radius 1 is 1.17 bits per heavy atom. The van der Waals surface area contributed by atoms with Gasteiger partial charge in [0.1, 0.15) is 11.8 Å². The van der Waals surface area contributed by atoms with E-state index in [9.17, 15) is 9.59 Å². The van der Waals surface area contributed by atoms with Gasteiger partial charge in [0.15, 0.2) is 4.80 Å². The summed E-state index contributed by atoms with van der Waals surface area (Å²) >= 11 is 4.91. The maximum absolute atomic E-state index is 14.3. The number of carbonyl (C=O) groups is 1. The summed E-state index contributed by atoms with van der Waals surface area (Å²) in [6.07, 6.45) is 2.87. The Balaban J connectivity index is 1.82. The van der Waals surface area contributed by atoms with Crippen molar-refractivity contribution in [3.8, 4) is 5.75 Å². The van der Waals surface area contributed by atoms with E-state index >= 15 is 0 Å². The van der Waals surface area contributed by atoms with Gasteiger partial charge in [-0.05, 0) is 77.8 Å². The third-order valence-electron chi connectivity index (χ3n) is 7.88. The molecule has 0 saturated carbocycles. The molecule has 5 rings (SSSR count). The molecule has 0 radical (unpaired) electrons. The van der Waals surface area contributed by atoms with Crippen LogP contribution in [0.25, 0.3) is 17.0 Å². The van der Waals surface area contributed by atoms with E-state index in [0.29, 0.717) is 38.0 Å². The minimum absolute atomic E-state index is 0.110. The molecule has 0 fully saturated rings. The predicted octanol–water partition coefficient (Wildman–Crippen LogP) is 6.50. The molecule has 3 heterocycles. The predicted molar refractivity (Wildman–Crippen MR) is 172 cm³/mol. The lowest BCUT2D eigenvalue weighted by atomic mass is 9.95. The number of hydrogen-bond donors (Lipinski definition) is 0. The van der Waals surface area contributed by atoms with Gasteiger partial charge in [0.05, 0.1) is 34.5 Å². The van der Waals surface area contributed by atoms with Crippen molar-refractivity contribution < 1.29 is 14.3 Å². The number of nitrogens with zero attached hydrogens (tertiary/aromatic N) is 3. The second-order valence-corrected chi connectivity index (χ2v) is 12.9. The number of fused-ring (bicyclic) bond motifs is 2. The van der Waals surface area contributed by atoms with Gasteiger partial charge < -0.3 is 14.0 Å². The molecule has 2 atom stereocenters. The number of thiazole rings is 1.